The fourth-order valence-electron chi connectivity index (χ4n) is 2.45. The summed E-state index contributed by atoms with van der Waals surface area (Å²) in [6.45, 7) is 1.94. The van der Waals surface area contributed by atoms with E-state index in [-0.39, 0.29) is 12.5 Å². The van der Waals surface area contributed by atoms with Crippen LogP contribution in [0.3, 0.4) is 0 Å². The third-order valence-corrected chi connectivity index (χ3v) is 3.89. The predicted octanol–water partition coefficient (Wildman–Crippen LogP) is 2.96. The first-order valence-electron chi connectivity index (χ1n) is 8.92. The number of hydrogen-bond acceptors (Lipinski definition) is 5. The number of amides is 2. The van der Waals surface area contributed by atoms with E-state index in [9.17, 15) is 9.59 Å². The van der Waals surface area contributed by atoms with Gasteiger partial charge in [0.05, 0.1) is 19.4 Å². The lowest BCUT2D eigenvalue weighted by Gasteiger charge is -2.21. The standard InChI is InChI=1S/C20H26N2O5/c1-25-14-12-22(15-18-9-6-13-26-18)19(23)10-5-11-21-20(24)27-16-17-7-3-2-4-8-17/h2-4,6-9,13H,5,10-12,14-16H2,1H3,(H,21,24). The number of nitrogens with one attached hydrogen (secondary N) is 1. The number of carbonyl (C=O) groups excluding carboxylic acids is 2. The molecular weight excluding hydrogens is 348 g/mol. The van der Waals surface area contributed by atoms with Gasteiger partial charge < -0.3 is 24.1 Å². The number of alkyl carbamates (subject to hydrolysis) is 1. The molecule has 0 aliphatic heterocycles. The maximum Gasteiger partial charge on any atom is 0.407 e. The van der Waals surface area contributed by atoms with Crippen molar-refractivity contribution in [1.29, 1.82) is 0 Å². The molecule has 0 bridgehead atoms. The van der Waals surface area contributed by atoms with Crippen LogP contribution in [0.5, 0.6) is 0 Å². The van der Waals surface area contributed by atoms with E-state index in [1.54, 1.807) is 24.3 Å². The maximum absolute atomic E-state index is 12.4. The van der Waals surface area contributed by atoms with Crippen LogP contribution >= 0.6 is 0 Å². The first-order valence-corrected chi connectivity index (χ1v) is 8.92. The van der Waals surface area contributed by atoms with Gasteiger partial charge in [0.2, 0.25) is 5.91 Å². The molecular formula is C20H26N2O5. The predicted molar refractivity (Wildman–Crippen MR) is 99.9 cm³/mol. The zero-order valence-electron chi connectivity index (χ0n) is 15.6. The molecule has 2 amide bonds. The summed E-state index contributed by atoms with van der Waals surface area (Å²) in [6, 6.07) is 13.1. The summed E-state index contributed by atoms with van der Waals surface area (Å²) in [7, 11) is 1.60. The van der Waals surface area contributed by atoms with Gasteiger partial charge in [-0.05, 0) is 24.1 Å². The monoisotopic (exact) mass is 374 g/mol. The number of carbonyl (C=O) groups is 2. The molecule has 0 atom stereocenters. The molecule has 7 heteroatoms. The van der Waals surface area contributed by atoms with Crippen molar-refractivity contribution in [3.63, 3.8) is 0 Å². The van der Waals surface area contributed by atoms with Crippen LogP contribution < -0.4 is 5.32 Å². The molecule has 7 nitrogen and oxygen atoms in total. The highest BCUT2D eigenvalue weighted by Crippen LogP contribution is 2.08. The molecule has 0 spiro atoms. The summed E-state index contributed by atoms with van der Waals surface area (Å²) in [5.74, 6) is 0.713. The fraction of sp³-hybridized carbons (Fsp3) is 0.400. The Kier molecular flexibility index (Phi) is 8.92. The van der Waals surface area contributed by atoms with Gasteiger partial charge in [0, 0.05) is 26.6 Å². The molecule has 27 heavy (non-hydrogen) atoms. The Hall–Kier alpha value is -2.80. The van der Waals surface area contributed by atoms with Crippen LogP contribution in [0.1, 0.15) is 24.2 Å². The SMILES string of the molecule is COCCN(Cc1ccco1)C(=O)CCCNC(=O)OCc1ccccc1. The number of rotatable bonds is 11. The molecule has 0 saturated heterocycles. The molecule has 2 rings (SSSR count). The zero-order chi connectivity index (χ0) is 19.3. The molecule has 1 aromatic heterocycles. The summed E-state index contributed by atoms with van der Waals surface area (Å²) >= 11 is 0. The van der Waals surface area contributed by atoms with Crippen molar-refractivity contribution in [2.45, 2.75) is 26.0 Å². The molecule has 0 fully saturated rings. The molecule has 1 aromatic carbocycles. The smallest absolute Gasteiger partial charge is 0.407 e. The highest BCUT2D eigenvalue weighted by molar-refractivity contribution is 5.76. The Balaban J connectivity index is 1.65. The Morgan fingerprint density at radius 1 is 1.15 bits per heavy atom. The summed E-state index contributed by atoms with van der Waals surface area (Å²) in [5.41, 5.74) is 0.925. The van der Waals surface area contributed by atoms with Gasteiger partial charge in [-0.2, -0.15) is 0 Å². The normalized spacial score (nSPS) is 10.4. The molecule has 0 unspecified atom stereocenters. The number of benzene rings is 1. The van der Waals surface area contributed by atoms with Crippen molar-refractivity contribution in [3.05, 3.63) is 60.1 Å². The maximum atomic E-state index is 12.4. The van der Waals surface area contributed by atoms with Crippen LogP contribution in [-0.4, -0.2) is 43.7 Å². The minimum Gasteiger partial charge on any atom is -0.467 e. The van der Waals surface area contributed by atoms with E-state index in [0.717, 1.165) is 11.3 Å². The molecule has 1 heterocycles. The van der Waals surface area contributed by atoms with Gasteiger partial charge in [0.25, 0.3) is 0 Å². The Morgan fingerprint density at radius 2 is 1.96 bits per heavy atom. The summed E-state index contributed by atoms with van der Waals surface area (Å²) in [5, 5.41) is 2.66. The van der Waals surface area contributed by atoms with E-state index in [1.807, 2.05) is 36.4 Å². The van der Waals surface area contributed by atoms with E-state index < -0.39 is 6.09 Å². The van der Waals surface area contributed by atoms with Gasteiger partial charge in [-0.1, -0.05) is 30.3 Å². The van der Waals surface area contributed by atoms with Crippen molar-refractivity contribution in [3.8, 4) is 0 Å². The van der Waals surface area contributed by atoms with Crippen molar-refractivity contribution in [2.75, 3.05) is 26.8 Å². The third kappa shape index (κ3) is 7.96. The molecule has 0 saturated carbocycles. The van der Waals surface area contributed by atoms with Gasteiger partial charge in [-0.15, -0.1) is 0 Å². The van der Waals surface area contributed by atoms with Crippen molar-refractivity contribution >= 4 is 12.0 Å². The van der Waals surface area contributed by atoms with Gasteiger partial charge in [-0.3, -0.25) is 4.79 Å². The van der Waals surface area contributed by atoms with Crippen LogP contribution in [-0.2, 0) is 27.4 Å². The van der Waals surface area contributed by atoms with Crippen LogP contribution in [0.25, 0.3) is 0 Å². The van der Waals surface area contributed by atoms with Crippen molar-refractivity contribution in [1.82, 2.24) is 10.2 Å². The molecule has 2 aromatic rings. The van der Waals surface area contributed by atoms with E-state index in [0.29, 0.717) is 39.1 Å². The summed E-state index contributed by atoms with van der Waals surface area (Å²) in [4.78, 5) is 25.8. The number of furan rings is 1. The second-order valence-electron chi connectivity index (χ2n) is 5.98. The van der Waals surface area contributed by atoms with Crippen LogP contribution in [0, 0.1) is 0 Å². The second kappa shape index (κ2) is 11.7. The van der Waals surface area contributed by atoms with E-state index in [4.69, 9.17) is 13.9 Å². The highest BCUT2D eigenvalue weighted by Gasteiger charge is 2.15. The van der Waals surface area contributed by atoms with Crippen LogP contribution in [0.15, 0.2) is 53.1 Å². The van der Waals surface area contributed by atoms with E-state index >= 15 is 0 Å². The lowest BCUT2D eigenvalue weighted by Crippen LogP contribution is -2.34. The third-order valence-electron chi connectivity index (χ3n) is 3.89. The van der Waals surface area contributed by atoms with E-state index in [2.05, 4.69) is 5.32 Å². The number of methoxy groups -OCH3 is 1. The van der Waals surface area contributed by atoms with Crippen LogP contribution in [0.4, 0.5) is 4.79 Å². The van der Waals surface area contributed by atoms with Gasteiger partial charge in [0.15, 0.2) is 0 Å². The molecule has 0 aliphatic carbocycles. The lowest BCUT2D eigenvalue weighted by atomic mass is 10.2. The fourth-order valence-corrected chi connectivity index (χ4v) is 2.45. The summed E-state index contributed by atoms with van der Waals surface area (Å²) in [6.07, 6.45) is 1.95. The lowest BCUT2D eigenvalue weighted by molar-refractivity contribution is -0.132. The second-order valence-corrected chi connectivity index (χ2v) is 5.98. The molecule has 146 valence electrons. The first kappa shape index (κ1) is 20.5. The quantitative estimate of drug-likeness (QED) is 0.612. The van der Waals surface area contributed by atoms with Crippen molar-refractivity contribution in [2.24, 2.45) is 0 Å². The topological polar surface area (TPSA) is 81.0 Å². The van der Waals surface area contributed by atoms with Gasteiger partial charge in [0.1, 0.15) is 12.4 Å². The van der Waals surface area contributed by atoms with Gasteiger partial charge in [-0.25, -0.2) is 4.79 Å². The molecule has 0 radical (unpaired) electrons. The summed E-state index contributed by atoms with van der Waals surface area (Å²) < 4.78 is 15.5. The van der Waals surface area contributed by atoms with Gasteiger partial charge >= 0.3 is 6.09 Å². The minimum absolute atomic E-state index is 0.0112. The number of hydrogen-bond donors (Lipinski definition) is 1. The first-order chi connectivity index (χ1) is 13.2. The average Bonchev–Trinajstić information content (AvgIpc) is 3.20. The molecule has 1 N–H and O–H groups in total. The number of ether oxygens (including phenoxy) is 2. The largest absolute Gasteiger partial charge is 0.467 e. The Bertz CT molecular complexity index is 673. The Labute approximate surface area is 159 Å². The van der Waals surface area contributed by atoms with E-state index in [1.165, 1.54) is 0 Å². The molecule has 0 aliphatic rings. The van der Waals surface area contributed by atoms with Crippen LogP contribution in [0.2, 0.25) is 0 Å². The number of nitrogens with zero attached hydrogens (tertiary/aromatic N) is 1. The highest BCUT2D eigenvalue weighted by atomic mass is 16.5. The zero-order valence-corrected chi connectivity index (χ0v) is 15.6. The van der Waals surface area contributed by atoms with Crippen molar-refractivity contribution < 1.29 is 23.5 Å². The average molecular weight is 374 g/mol. The Morgan fingerprint density at radius 3 is 2.67 bits per heavy atom. The minimum atomic E-state index is -0.488.